The second-order valence-corrected chi connectivity index (χ2v) is 7.42. The number of amides is 1. The molecule has 5 nitrogen and oxygen atoms in total. The number of hydrogen-bond donors (Lipinski definition) is 1. The van der Waals surface area contributed by atoms with Crippen LogP contribution in [0.4, 0.5) is 0 Å². The zero-order valence-electron chi connectivity index (χ0n) is 14.5. The van der Waals surface area contributed by atoms with Gasteiger partial charge in [0.05, 0.1) is 11.6 Å². The van der Waals surface area contributed by atoms with E-state index in [2.05, 4.69) is 10.3 Å². The number of thiazole rings is 1. The third kappa shape index (κ3) is 5.83. The van der Waals surface area contributed by atoms with Gasteiger partial charge in [-0.3, -0.25) is 9.59 Å². The van der Waals surface area contributed by atoms with Crippen LogP contribution in [-0.4, -0.2) is 30.0 Å². The van der Waals surface area contributed by atoms with Gasteiger partial charge in [-0.25, -0.2) is 4.98 Å². The second-order valence-electron chi connectivity index (χ2n) is 5.90. The Balaban J connectivity index is 1.84. The predicted molar refractivity (Wildman–Crippen MR) is 99.8 cm³/mol. The normalized spacial score (nSPS) is 10.8. The number of ether oxygens (including phenoxy) is 1. The smallest absolute Gasteiger partial charge is 0.308 e. The largest absolute Gasteiger partial charge is 0.455 e. The van der Waals surface area contributed by atoms with E-state index in [0.29, 0.717) is 18.0 Å². The zero-order chi connectivity index (χ0) is 18.4. The van der Waals surface area contributed by atoms with E-state index in [-0.39, 0.29) is 24.4 Å². The molecule has 0 bridgehead atoms. The highest BCUT2D eigenvalue weighted by Gasteiger charge is 2.12. The van der Waals surface area contributed by atoms with Gasteiger partial charge in [-0.15, -0.1) is 11.3 Å². The Kier molecular flexibility index (Phi) is 6.96. The average Bonchev–Trinajstić information content (AvgIpc) is 2.94. The molecule has 0 spiro atoms. The predicted octanol–water partition coefficient (Wildman–Crippen LogP) is 3.63. The number of halogens is 1. The van der Waals surface area contributed by atoms with Crippen molar-refractivity contribution in [2.24, 2.45) is 5.92 Å². The maximum absolute atomic E-state index is 11.7. The molecule has 25 heavy (non-hydrogen) atoms. The number of esters is 1. The van der Waals surface area contributed by atoms with E-state index < -0.39 is 0 Å². The molecule has 0 saturated heterocycles. The van der Waals surface area contributed by atoms with Crippen molar-refractivity contribution in [3.05, 3.63) is 39.9 Å². The summed E-state index contributed by atoms with van der Waals surface area (Å²) in [6, 6.07) is 7.56. The summed E-state index contributed by atoms with van der Waals surface area (Å²) in [5.41, 5.74) is 1.98. The Morgan fingerprint density at radius 3 is 2.60 bits per heavy atom. The van der Waals surface area contributed by atoms with Crippen molar-refractivity contribution in [2.45, 2.75) is 27.2 Å². The minimum atomic E-state index is -0.374. The van der Waals surface area contributed by atoms with Crippen LogP contribution >= 0.6 is 22.9 Å². The summed E-state index contributed by atoms with van der Waals surface area (Å²) in [6.45, 7) is 5.64. The lowest BCUT2D eigenvalue weighted by molar-refractivity contribution is -0.151. The first-order valence-electron chi connectivity index (χ1n) is 8.02. The topological polar surface area (TPSA) is 68.3 Å². The molecule has 0 unspecified atom stereocenters. The summed E-state index contributed by atoms with van der Waals surface area (Å²) in [7, 11) is 0. The van der Waals surface area contributed by atoms with Crippen molar-refractivity contribution in [3.8, 4) is 10.6 Å². The van der Waals surface area contributed by atoms with Crippen molar-refractivity contribution < 1.29 is 14.3 Å². The molecule has 0 radical (unpaired) electrons. The molecule has 0 aliphatic heterocycles. The molecule has 1 heterocycles. The summed E-state index contributed by atoms with van der Waals surface area (Å²) in [5.74, 6) is -0.908. The lowest BCUT2D eigenvalue weighted by atomic mass is 10.2. The van der Waals surface area contributed by atoms with Gasteiger partial charge in [-0.2, -0.15) is 0 Å². The van der Waals surface area contributed by atoms with Crippen LogP contribution < -0.4 is 5.32 Å². The maximum atomic E-state index is 11.7. The van der Waals surface area contributed by atoms with Crippen molar-refractivity contribution in [1.29, 1.82) is 0 Å². The van der Waals surface area contributed by atoms with Crippen LogP contribution in [0.2, 0.25) is 5.02 Å². The highest BCUT2D eigenvalue weighted by molar-refractivity contribution is 7.15. The van der Waals surface area contributed by atoms with E-state index in [1.54, 1.807) is 25.2 Å². The van der Waals surface area contributed by atoms with Gasteiger partial charge in [0.1, 0.15) is 5.01 Å². The first-order valence-corrected chi connectivity index (χ1v) is 9.22. The van der Waals surface area contributed by atoms with Gasteiger partial charge in [-0.05, 0) is 19.1 Å². The van der Waals surface area contributed by atoms with Gasteiger partial charge in [0.15, 0.2) is 6.61 Å². The summed E-state index contributed by atoms with van der Waals surface area (Å²) >= 11 is 7.51. The lowest BCUT2D eigenvalue weighted by Gasteiger charge is -2.07. The molecule has 0 aliphatic rings. The van der Waals surface area contributed by atoms with Gasteiger partial charge in [-0.1, -0.05) is 37.6 Å². The van der Waals surface area contributed by atoms with Crippen LogP contribution in [-0.2, 0) is 20.7 Å². The number of nitrogens with zero attached hydrogens (tertiary/aromatic N) is 1. The van der Waals surface area contributed by atoms with Crippen LogP contribution in [0.25, 0.3) is 10.6 Å². The van der Waals surface area contributed by atoms with Gasteiger partial charge in [0, 0.05) is 28.4 Å². The van der Waals surface area contributed by atoms with E-state index >= 15 is 0 Å². The third-order valence-corrected chi connectivity index (χ3v) is 4.99. The van der Waals surface area contributed by atoms with Crippen LogP contribution in [0.1, 0.15) is 24.4 Å². The SMILES string of the molecule is Cc1nc(-c2ccc(Cl)cc2)sc1CCNC(=O)COC(=O)C(C)C. The fourth-order valence-corrected chi connectivity index (χ4v) is 3.24. The molecule has 1 aromatic carbocycles. The summed E-state index contributed by atoms with van der Waals surface area (Å²) in [5, 5.41) is 4.38. The standard InChI is InChI=1S/C18H21ClN2O3S/c1-11(2)18(23)24-10-16(22)20-9-8-15-12(3)21-17(25-15)13-4-6-14(19)7-5-13/h4-7,11H,8-10H2,1-3H3,(H,20,22). The van der Waals surface area contributed by atoms with E-state index in [0.717, 1.165) is 21.1 Å². The van der Waals surface area contributed by atoms with E-state index in [1.807, 2.05) is 31.2 Å². The zero-order valence-corrected chi connectivity index (χ0v) is 16.0. The number of aromatic nitrogens is 1. The molecule has 1 amide bonds. The summed E-state index contributed by atoms with van der Waals surface area (Å²) in [6.07, 6.45) is 0.682. The maximum Gasteiger partial charge on any atom is 0.308 e. The van der Waals surface area contributed by atoms with E-state index in [4.69, 9.17) is 16.3 Å². The molecule has 7 heteroatoms. The first-order chi connectivity index (χ1) is 11.9. The molecule has 1 aromatic heterocycles. The van der Waals surface area contributed by atoms with Crippen LogP contribution in [0.3, 0.4) is 0 Å². The van der Waals surface area contributed by atoms with Crippen LogP contribution in [0.15, 0.2) is 24.3 Å². The fraction of sp³-hybridized carbons (Fsp3) is 0.389. The second kappa shape index (κ2) is 8.97. The number of carbonyl (C=O) groups is 2. The van der Waals surface area contributed by atoms with E-state index in [1.165, 1.54) is 0 Å². The molecule has 134 valence electrons. The lowest BCUT2D eigenvalue weighted by Crippen LogP contribution is -2.31. The van der Waals surface area contributed by atoms with Gasteiger partial charge in [0.2, 0.25) is 0 Å². The minimum absolute atomic E-state index is 0.237. The number of rotatable bonds is 7. The molecule has 2 rings (SSSR count). The molecular formula is C18H21ClN2O3S. The number of hydrogen-bond acceptors (Lipinski definition) is 5. The number of carbonyl (C=O) groups excluding carboxylic acids is 2. The number of aryl methyl sites for hydroxylation is 1. The molecule has 2 aromatic rings. The van der Waals surface area contributed by atoms with Gasteiger partial charge >= 0.3 is 5.97 Å². The quantitative estimate of drug-likeness (QED) is 0.745. The minimum Gasteiger partial charge on any atom is -0.455 e. The Morgan fingerprint density at radius 2 is 1.96 bits per heavy atom. The van der Waals surface area contributed by atoms with Gasteiger partial charge < -0.3 is 10.1 Å². The molecule has 0 aliphatic carbocycles. The van der Waals surface area contributed by atoms with Gasteiger partial charge in [0.25, 0.3) is 5.91 Å². The summed E-state index contributed by atoms with van der Waals surface area (Å²) < 4.78 is 4.89. The molecule has 0 saturated carbocycles. The Bertz CT molecular complexity index is 741. The van der Waals surface area contributed by atoms with Crippen LogP contribution in [0, 0.1) is 12.8 Å². The first kappa shape index (κ1) is 19.4. The Morgan fingerprint density at radius 1 is 1.28 bits per heavy atom. The molecule has 0 atom stereocenters. The van der Waals surface area contributed by atoms with Crippen molar-refractivity contribution in [1.82, 2.24) is 10.3 Å². The highest BCUT2D eigenvalue weighted by Crippen LogP contribution is 2.28. The molecule has 1 N–H and O–H groups in total. The fourth-order valence-electron chi connectivity index (χ4n) is 2.05. The highest BCUT2D eigenvalue weighted by atomic mass is 35.5. The van der Waals surface area contributed by atoms with Crippen molar-refractivity contribution >= 4 is 34.8 Å². The average molecular weight is 381 g/mol. The van der Waals surface area contributed by atoms with Crippen molar-refractivity contribution in [2.75, 3.05) is 13.2 Å². The van der Waals surface area contributed by atoms with E-state index in [9.17, 15) is 9.59 Å². The molecule has 0 fully saturated rings. The monoisotopic (exact) mass is 380 g/mol. The Hall–Kier alpha value is -1.92. The third-order valence-electron chi connectivity index (χ3n) is 3.47. The molecular weight excluding hydrogens is 360 g/mol. The van der Waals surface area contributed by atoms with Crippen molar-refractivity contribution in [3.63, 3.8) is 0 Å². The summed E-state index contributed by atoms with van der Waals surface area (Å²) in [4.78, 5) is 28.7. The number of benzene rings is 1. The number of nitrogens with one attached hydrogen (secondary N) is 1. The van der Waals surface area contributed by atoms with Crippen LogP contribution in [0.5, 0.6) is 0 Å². The Labute approximate surface area is 156 Å².